The smallest absolute Gasteiger partial charge is 0.169 e. The first-order chi connectivity index (χ1) is 8.58. The minimum absolute atomic E-state index is 0.0377. The van der Waals surface area contributed by atoms with Crippen LogP contribution in [0.1, 0.15) is 21.5 Å². The first-order valence-electron chi connectivity index (χ1n) is 5.55. The summed E-state index contributed by atoms with van der Waals surface area (Å²) in [4.78, 5) is 16.1. The highest BCUT2D eigenvalue weighted by Gasteiger charge is 2.12. The van der Waals surface area contributed by atoms with Gasteiger partial charge in [-0.05, 0) is 30.7 Å². The molecule has 0 aliphatic carbocycles. The molecule has 0 radical (unpaired) electrons. The number of rotatable bonds is 3. The lowest BCUT2D eigenvalue weighted by Gasteiger charge is -2.07. The second kappa shape index (κ2) is 5.19. The zero-order chi connectivity index (χ0) is 13.1. The highest BCUT2D eigenvalue weighted by molar-refractivity contribution is 6.31. The molecule has 0 spiro atoms. The summed E-state index contributed by atoms with van der Waals surface area (Å²) in [5.41, 5.74) is 8.63. The lowest BCUT2D eigenvalue weighted by molar-refractivity contribution is 0.0993. The summed E-state index contributed by atoms with van der Waals surface area (Å²) in [7, 11) is 0. The zero-order valence-electron chi connectivity index (χ0n) is 9.98. The Morgan fingerprint density at radius 3 is 2.89 bits per heavy atom. The second-order valence-electron chi connectivity index (χ2n) is 4.16. The van der Waals surface area contributed by atoms with E-state index in [0.29, 0.717) is 16.3 Å². The molecule has 0 saturated heterocycles. The van der Waals surface area contributed by atoms with Crippen LogP contribution in [0.3, 0.4) is 0 Å². The van der Waals surface area contributed by atoms with Gasteiger partial charge in [0, 0.05) is 30.1 Å². The minimum Gasteiger partial charge on any atom is -0.398 e. The van der Waals surface area contributed by atoms with E-state index in [-0.39, 0.29) is 12.2 Å². The number of nitrogens with zero attached hydrogens (tertiary/aromatic N) is 1. The van der Waals surface area contributed by atoms with Crippen LogP contribution in [-0.4, -0.2) is 10.8 Å². The SMILES string of the molecule is Cc1ccc(N)c(C(=O)Cc2ccncc2Cl)c1. The van der Waals surface area contributed by atoms with Gasteiger partial charge >= 0.3 is 0 Å². The average Bonchev–Trinajstić information content (AvgIpc) is 2.35. The molecule has 0 amide bonds. The Morgan fingerprint density at radius 1 is 1.39 bits per heavy atom. The fraction of sp³-hybridized carbons (Fsp3) is 0.143. The van der Waals surface area contributed by atoms with Crippen molar-refractivity contribution in [3.63, 3.8) is 0 Å². The van der Waals surface area contributed by atoms with Gasteiger partial charge < -0.3 is 5.73 Å². The van der Waals surface area contributed by atoms with Gasteiger partial charge in [0.25, 0.3) is 0 Å². The number of pyridine rings is 1. The summed E-state index contributed by atoms with van der Waals surface area (Å²) >= 11 is 5.98. The van der Waals surface area contributed by atoms with Crippen LogP contribution in [-0.2, 0) is 6.42 Å². The Morgan fingerprint density at radius 2 is 2.17 bits per heavy atom. The van der Waals surface area contributed by atoms with Gasteiger partial charge in [-0.1, -0.05) is 23.2 Å². The first-order valence-corrected chi connectivity index (χ1v) is 5.93. The number of carbonyl (C=O) groups is 1. The Kier molecular flexibility index (Phi) is 3.63. The van der Waals surface area contributed by atoms with Crippen molar-refractivity contribution < 1.29 is 4.79 Å². The third-order valence-electron chi connectivity index (χ3n) is 2.72. The molecule has 2 N–H and O–H groups in total. The van der Waals surface area contributed by atoms with E-state index in [2.05, 4.69) is 4.98 Å². The van der Waals surface area contributed by atoms with Crippen LogP contribution in [0, 0.1) is 6.92 Å². The van der Waals surface area contributed by atoms with Crippen molar-refractivity contribution in [2.75, 3.05) is 5.73 Å². The fourth-order valence-corrected chi connectivity index (χ4v) is 1.91. The molecule has 0 aliphatic rings. The van der Waals surface area contributed by atoms with Crippen molar-refractivity contribution in [2.45, 2.75) is 13.3 Å². The Bertz CT molecular complexity index is 596. The lowest BCUT2D eigenvalue weighted by atomic mass is 10.0. The van der Waals surface area contributed by atoms with Crippen LogP contribution < -0.4 is 5.73 Å². The van der Waals surface area contributed by atoms with Crippen LogP contribution in [0.15, 0.2) is 36.7 Å². The molecule has 1 aromatic heterocycles. The highest BCUT2D eigenvalue weighted by atomic mass is 35.5. The molecule has 18 heavy (non-hydrogen) atoms. The largest absolute Gasteiger partial charge is 0.398 e. The minimum atomic E-state index is -0.0377. The fourth-order valence-electron chi connectivity index (χ4n) is 1.73. The van der Waals surface area contributed by atoms with Gasteiger partial charge in [-0.15, -0.1) is 0 Å². The molecule has 92 valence electrons. The maximum absolute atomic E-state index is 12.2. The molecule has 0 fully saturated rings. The van der Waals surface area contributed by atoms with E-state index in [9.17, 15) is 4.79 Å². The second-order valence-corrected chi connectivity index (χ2v) is 4.56. The number of hydrogen-bond acceptors (Lipinski definition) is 3. The van der Waals surface area contributed by atoms with E-state index in [1.54, 1.807) is 24.4 Å². The maximum Gasteiger partial charge on any atom is 0.169 e. The van der Waals surface area contributed by atoms with E-state index < -0.39 is 0 Å². The molecule has 0 aliphatic heterocycles. The molecular formula is C14H13ClN2O. The van der Waals surface area contributed by atoms with Gasteiger partial charge in [-0.25, -0.2) is 0 Å². The Balaban J connectivity index is 2.28. The van der Waals surface area contributed by atoms with E-state index in [4.69, 9.17) is 17.3 Å². The molecule has 4 heteroatoms. The number of carbonyl (C=O) groups excluding carboxylic acids is 1. The molecule has 2 aromatic rings. The van der Waals surface area contributed by atoms with Gasteiger partial charge in [0.2, 0.25) is 0 Å². The van der Waals surface area contributed by atoms with E-state index in [1.165, 1.54) is 6.20 Å². The number of ketones is 1. The van der Waals surface area contributed by atoms with Gasteiger partial charge in [0.15, 0.2) is 5.78 Å². The van der Waals surface area contributed by atoms with Crippen LogP contribution in [0.2, 0.25) is 5.02 Å². The molecule has 2 rings (SSSR count). The van der Waals surface area contributed by atoms with Crippen LogP contribution >= 0.6 is 11.6 Å². The number of anilines is 1. The van der Waals surface area contributed by atoms with Crippen molar-refractivity contribution in [1.29, 1.82) is 0 Å². The summed E-state index contributed by atoms with van der Waals surface area (Å²) in [5.74, 6) is -0.0377. The molecule has 0 atom stereocenters. The van der Waals surface area contributed by atoms with Crippen molar-refractivity contribution >= 4 is 23.1 Å². The Hall–Kier alpha value is -1.87. The van der Waals surface area contributed by atoms with Crippen LogP contribution in [0.4, 0.5) is 5.69 Å². The molecule has 0 bridgehead atoms. The van der Waals surface area contributed by atoms with Gasteiger partial charge in [-0.2, -0.15) is 0 Å². The number of halogens is 1. The van der Waals surface area contributed by atoms with E-state index in [1.807, 2.05) is 13.0 Å². The van der Waals surface area contributed by atoms with Crippen molar-refractivity contribution in [1.82, 2.24) is 4.98 Å². The molecule has 1 aromatic carbocycles. The molecular weight excluding hydrogens is 248 g/mol. The number of nitrogens with two attached hydrogens (primary N) is 1. The molecule has 0 saturated carbocycles. The van der Waals surface area contributed by atoms with Gasteiger partial charge in [0.1, 0.15) is 0 Å². The lowest BCUT2D eigenvalue weighted by Crippen LogP contribution is -2.07. The van der Waals surface area contributed by atoms with Gasteiger partial charge in [-0.3, -0.25) is 9.78 Å². The summed E-state index contributed by atoms with van der Waals surface area (Å²) in [6.07, 6.45) is 3.38. The predicted molar refractivity (Wildman–Crippen MR) is 72.9 cm³/mol. The summed E-state index contributed by atoms with van der Waals surface area (Å²) in [6.45, 7) is 1.93. The topological polar surface area (TPSA) is 56.0 Å². The molecule has 0 unspecified atom stereocenters. The predicted octanol–water partition coefficient (Wildman–Crippen LogP) is 3.05. The van der Waals surface area contributed by atoms with Crippen LogP contribution in [0.25, 0.3) is 0 Å². The number of hydrogen-bond donors (Lipinski definition) is 1. The van der Waals surface area contributed by atoms with E-state index >= 15 is 0 Å². The summed E-state index contributed by atoms with van der Waals surface area (Å²) in [6, 6.07) is 7.17. The average molecular weight is 261 g/mol. The highest BCUT2D eigenvalue weighted by Crippen LogP contribution is 2.19. The number of benzene rings is 1. The molecule has 1 heterocycles. The molecule has 3 nitrogen and oxygen atoms in total. The maximum atomic E-state index is 12.2. The standard InChI is InChI=1S/C14H13ClN2O/c1-9-2-3-13(16)11(6-9)14(18)7-10-4-5-17-8-12(10)15/h2-6,8H,7,16H2,1H3. The summed E-state index contributed by atoms with van der Waals surface area (Å²) in [5, 5.41) is 0.497. The summed E-state index contributed by atoms with van der Waals surface area (Å²) < 4.78 is 0. The van der Waals surface area contributed by atoms with E-state index in [0.717, 1.165) is 11.1 Å². The van der Waals surface area contributed by atoms with Crippen LogP contribution in [0.5, 0.6) is 0 Å². The quantitative estimate of drug-likeness (QED) is 0.682. The number of aryl methyl sites for hydroxylation is 1. The third-order valence-corrected chi connectivity index (χ3v) is 3.06. The third kappa shape index (κ3) is 2.68. The number of aromatic nitrogens is 1. The number of Topliss-reactive ketones (excluding diaryl/α,β-unsaturated/α-hetero) is 1. The normalized spacial score (nSPS) is 10.3. The first kappa shape index (κ1) is 12.6. The van der Waals surface area contributed by atoms with Crippen molar-refractivity contribution in [2.24, 2.45) is 0 Å². The zero-order valence-corrected chi connectivity index (χ0v) is 10.7. The monoisotopic (exact) mass is 260 g/mol. The van der Waals surface area contributed by atoms with Crippen molar-refractivity contribution in [3.8, 4) is 0 Å². The van der Waals surface area contributed by atoms with Crippen molar-refractivity contribution in [3.05, 3.63) is 58.4 Å². The Labute approximate surface area is 111 Å². The van der Waals surface area contributed by atoms with Gasteiger partial charge in [0.05, 0.1) is 5.02 Å². The number of nitrogen functional groups attached to an aromatic ring is 1.